The maximum Gasteiger partial charge on any atom is 0.254 e. The molecule has 2 aliphatic heterocycles. The molecule has 2 amide bonds. The van der Waals surface area contributed by atoms with Crippen molar-refractivity contribution >= 4 is 11.8 Å². The first-order chi connectivity index (χ1) is 13.0. The summed E-state index contributed by atoms with van der Waals surface area (Å²) in [5.74, 6) is 1.40. The first-order valence-corrected chi connectivity index (χ1v) is 9.72. The molecular formula is C21H30N2O4. The number of likely N-dealkylation sites (tertiary alicyclic amines) is 2. The fourth-order valence-corrected chi connectivity index (χ4v) is 4.38. The van der Waals surface area contributed by atoms with E-state index >= 15 is 0 Å². The van der Waals surface area contributed by atoms with E-state index in [1.165, 1.54) is 0 Å². The lowest BCUT2D eigenvalue weighted by Gasteiger charge is -2.53. The molecule has 0 saturated carbocycles. The highest BCUT2D eigenvalue weighted by atomic mass is 16.5. The van der Waals surface area contributed by atoms with Crippen LogP contribution in [0.4, 0.5) is 0 Å². The average molecular weight is 374 g/mol. The van der Waals surface area contributed by atoms with E-state index < -0.39 is 0 Å². The molecule has 148 valence electrons. The molecule has 0 bridgehead atoms. The summed E-state index contributed by atoms with van der Waals surface area (Å²) in [6.07, 6.45) is 1.88. The van der Waals surface area contributed by atoms with Crippen LogP contribution in [-0.4, -0.2) is 67.1 Å². The molecule has 6 nitrogen and oxygen atoms in total. The summed E-state index contributed by atoms with van der Waals surface area (Å²) in [5.41, 5.74) is 0.969. The van der Waals surface area contributed by atoms with Gasteiger partial charge in [0.1, 0.15) is 5.75 Å². The number of hydrogen-bond donors (Lipinski definition) is 0. The number of nitrogens with zero attached hydrogens (tertiary/aromatic N) is 2. The van der Waals surface area contributed by atoms with Crippen molar-refractivity contribution < 1.29 is 19.1 Å². The number of ether oxygens (including phenoxy) is 2. The minimum atomic E-state index is -0.323. The highest BCUT2D eigenvalue weighted by Crippen LogP contribution is 2.36. The number of amides is 2. The fraction of sp³-hybridized carbons (Fsp3) is 0.619. The van der Waals surface area contributed by atoms with Crippen molar-refractivity contribution in [3.63, 3.8) is 0 Å². The summed E-state index contributed by atoms with van der Waals surface area (Å²) in [4.78, 5) is 28.8. The SMILES string of the molecule is COc1cccc(CC(=O)N2CCC([C@H]3[C@@H](OC)C(=O)N3C(C)C)CC2)c1. The van der Waals surface area contributed by atoms with Crippen molar-refractivity contribution in [3.05, 3.63) is 29.8 Å². The monoisotopic (exact) mass is 374 g/mol. The molecule has 2 saturated heterocycles. The topological polar surface area (TPSA) is 59.1 Å². The summed E-state index contributed by atoms with van der Waals surface area (Å²) in [6, 6.07) is 7.98. The fourth-order valence-electron chi connectivity index (χ4n) is 4.38. The zero-order chi connectivity index (χ0) is 19.6. The van der Waals surface area contributed by atoms with Gasteiger partial charge in [0.2, 0.25) is 5.91 Å². The van der Waals surface area contributed by atoms with Gasteiger partial charge in [-0.2, -0.15) is 0 Å². The maximum absolute atomic E-state index is 12.7. The number of methoxy groups -OCH3 is 2. The first kappa shape index (κ1) is 19.7. The van der Waals surface area contributed by atoms with E-state index in [0.717, 1.165) is 37.2 Å². The second kappa shape index (κ2) is 8.30. The van der Waals surface area contributed by atoms with E-state index in [2.05, 4.69) is 0 Å². The normalized spacial score (nSPS) is 23.5. The summed E-state index contributed by atoms with van der Waals surface area (Å²) in [6.45, 7) is 5.56. The summed E-state index contributed by atoms with van der Waals surface area (Å²) in [7, 11) is 3.24. The molecule has 2 fully saturated rings. The van der Waals surface area contributed by atoms with Crippen LogP contribution in [0.5, 0.6) is 5.75 Å². The molecule has 0 aromatic heterocycles. The summed E-state index contributed by atoms with van der Waals surface area (Å²) < 4.78 is 10.7. The van der Waals surface area contributed by atoms with E-state index in [1.807, 2.05) is 47.9 Å². The first-order valence-electron chi connectivity index (χ1n) is 9.72. The molecule has 2 atom stereocenters. The summed E-state index contributed by atoms with van der Waals surface area (Å²) >= 11 is 0. The van der Waals surface area contributed by atoms with Crippen molar-refractivity contribution in [2.75, 3.05) is 27.3 Å². The van der Waals surface area contributed by atoms with Crippen LogP contribution in [0, 0.1) is 5.92 Å². The molecule has 0 aliphatic carbocycles. The maximum atomic E-state index is 12.7. The number of β-lactam (4-membered cyclic amide) rings is 1. The Morgan fingerprint density at radius 2 is 1.93 bits per heavy atom. The van der Waals surface area contributed by atoms with Gasteiger partial charge in [0.25, 0.3) is 5.91 Å². The van der Waals surface area contributed by atoms with E-state index in [1.54, 1.807) is 14.2 Å². The highest BCUT2D eigenvalue weighted by Gasteiger charge is 2.52. The molecular weight excluding hydrogens is 344 g/mol. The van der Waals surface area contributed by atoms with Crippen LogP contribution in [-0.2, 0) is 20.7 Å². The van der Waals surface area contributed by atoms with Gasteiger partial charge in [-0.3, -0.25) is 9.59 Å². The van der Waals surface area contributed by atoms with Crippen molar-refractivity contribution in [2.45, 2.75) is 51.3 Å². The van der Waals surface area contributed by atoms with E-state index in [0.29, 0.717) is 12.3 Å². The van der Waals surface area contributed by atoms with Crippen LogP contribution in [0.3, 0.4) is 0 Å². The van der Waals surface area contributed by atoms with Crippen molar-refractivity contribution in [2.24, 2.45) is 5.92 Å². The minimum Gasteiger partial charge on any atom is -0.497 e. The molecule has 1 aromatic carbocycles. The second-order valence-electron chi connectivity index (χ2n) is 7.73. The molecule has 3 rings (SSSR count). The molecule has 6 heteroatoms. The largest absolute Gasteiger partial charge is 0.497 e. The second-order valence-corrected chi connectivity index (χ2v) is 7.73. The Hall–Kier alpha value is -2.08. The Morgan fingerprint density at radius 1 is 1.22 bits per heavy atom. The van der Waals surface area contributed by atoms with E-state index in [4.69, 9.17) is 9.47 Å². The van der Waals surface area contributed by atoms with Gasteiger partial charge < -0.3 is 19.3 Å². The number of hydrogen-bond acceptors (Lipinski definition) is 4. The lowest BCUT2D eigenvalue weighted by Crippen LogP contribution is -2.70. The molecule has 2 aliphatic rings. The van der Waals surface area contributed by atoms with Gasteiger partial charge in [0.15, 0.2) is 6.10 Å². The van der Waals surface area contributed by atoms with Crippen molar-refractivity contribution in [1.82, 2.24) is 9.80 Å². The molecule has 0 spiro atoms. The van der Waals surface area contributed by atoms with Crippen molar-refractivity contribution in [1.29, 1.82) is 0 Å². The highest BCUT2D eigenvalue weighted by molar-refractivity contribution is 5.89. The Balaban J connectivity index is 1.56. The predicted molar refractivity (Wildman–Crippen MR) is 103 cm³/mol. The van der Waals surface area contributed by atoms with Crippen molar-refractivity contribution in [3.8, 4) is 5.75 Å². The third kappa shape index (κ3) is 3.95. The van der Waals surface area contributed by atoms with Gasteiger partial charge in [-0.05, 0) is 50.3 Å². The third-order valence-corrected chi connectivity index (χ3v) is 5.80. The van der Waals surface area contributed by atoms with Gasteiger partial charge in [-0.1, -0.05) is 12.1 Å². The number of carbonyl (C=O) groups is 2. The van der Waals surface area contributed by atoms with E-state index in [9.17, 15) is 9.59 Å². The number of benzene rings is 1. The quantitative estimate of drug-likeness (QED) is 0.716. The minimum absolute atomic E-state index is 0.0917. The van der Waals surface area contributed by atoms with Crippen LogP contribution >= 0.6 is 0 Å². The van der Waals surface area contributed by atoms with Gasteiger partial charge in [-0.15, -0.1) is 0 Å². The Morgan fingerprint density at radius 3 is 2.52 bits per heavy atom. The molecule has 0 N–H and O–H groups in total. The standard InChI is InChI=1S/C21H30N2O4/c1-14(2)23-19(20(27-4)21(23)25)16-8-10-22(11-9-16)18(24)13-15-6-5-7-17(12-15)26-3/h5-7,12,14,16,19-20H,8-11,13H2,1-4H3/t19-,20+/m0/s1. The third-order valence-electron chi connectivity index (χ3n) is 5.80. The van der Waals surface area contributed by atoms with Crippen LogP contribution in [0.2, 0.25) is 0 Å². The van der Waals surface area contributed by atoms with Gasteiger partial charge in [0, 0.05) is 26.2 Å². The number of piperidine rings is 1. The molecule has 0 radical (unpaired) electrons. The lowest BCUT2D eigenvalue weighted by molar-refractivity contribution is -0.182. The van der Waals surface area contributed by atoms with Gasteiger partial charge >= 0.3 is 0 Å². The Kier molecular flexibility index (Phi) is 6.05. The molecule has 0 unspecified atom stereocenters. The zero-order valence-corrected chi connectivity index (χ0v) is 16.7. The smallest absolute Gasteiger partial charge is 0.254 e. The Bertz CT molecular complexity index is 683. The van der Waals surface area contributed by atoms with Crippen LogP contribution < -0.4 is 4.74 Å². The Labute approximate surface area is 161 Å². The van der Waals surface area contributed by atoms with E-state index in [-0.39, 0.29) is 30.0 Å². The number of rotatable bonds is 6. The van der Waals surface area contributed by atoms with Crippen LogP contribution in [0.15, 0.2) is 24.3 Å². The predicted octanol–water partition coefficient (Wildman–Crippen LogP) is 2.11. The van der Waals surface area contributed by atoms with Crippen LogP contribution in [0.25, 0.3) is 0 Å². The zero-order valence-electron chi connectivity index (χ0n) is 16.7. The molecule has 1 aromatic rings. The number of carbonyl (C=O) groups excluding carboxylic acids is 2. The van der Waals surface area contributed by atoms with Gasteiger partial charge in [-0.25, -0.2) is 0 Å². The van der Waals surface area contributed by atoms with Gasteiger partial charge in [0.05, 0.1) is 19.6 Å². The summed E-state index contributed by atoms with van der Waals surface area (Å²) in [5, 5.41) is 0. The van der Waals surface area contributed by atoms with Crippen LogP contribution in [0.1, 0.15) is 32.3 Å². The molecule has 27 heavy (non-hydrogen) atoms. The lowest BCUT2D eigenvalue weighted by atomic mass is 9.79. The molecule has 2 heterocycles. The average Bonchev–Trinajstić information content (AvgIpc) is 2.66.